The molecule has 0 spiro atoms. The summed E-state index contributed by atoms with van der Waals surface area (Å²) in [6.07, 6.45) is 52.9. The molecule has 0 aliphatic rings. The van der Waals surface area contributed by atoms with E-state index in [9.17, 15) is 43.2 Å². The summed E-state index contributed by atoms with van der Waals surface area (Å²) < 4.78 is 68.5. The van der Waals surface area contributed by atoms with E-state index in [1.54, 1.807) is 0 Å². The van der Waals surface area contributed by atoms with E-state index in [2.05, 4.69) is 55.4 Å². The van der Waals surface area contributed by atoms with Gasteiger partial charge in [-0.05, 0) is 49.4 Å². The molecule has 0 fully saturated rings. The number of unbranched alkanes of at least 4 members (excludes halogenated alkanes) is 41. The van der Waals surface area contributed by atoms with Gasteiger partial charge in [-0.1, -0.05) is 344 Å². The second-order valence-corrected chi connectivity index (χ2v) is 32.9. The molecule has 97 heavy (non-hydrogen) atoms. The monoisotopic (exact) mass is 1420 g/mol. The Labute approximate surface area is 594 Å². The zero-order valence-electron chi connectivity index (χ0n) is 63.7. The zero-order valence-corrected chi connectivity index (χ0v) is 65.5. The van der Waals surface area contributed by atoms with Crippen LogP contribution in [-0.4, -0.2) is 96.7 Å². The first kappa shape index (κ1) is 95.1. The average molecular weight is 1420 g/mol. The predicted octanol–water partition coefficient (Wildman–Crippen LogP) is 22.8. The fourth-order valence-corrected chi connectivity index (χ4v) is 13.5. The van der Waals surface area contributed by atoms with E-state index < -0.39 is 97.5 Å². The number of ether oxygens (including phenoxy) is 4. The molecule has 0 saturated heterocycles. The van der Waals surface area contributed by atoms with Crippen LogP contribution in [0.3, 0.4) is 0 Å². The van der Waals surface area contributed by atoms with Gasteiger partial charge in [0.15, 0.2) is 12.2 Å². The Bertz CT molecular complexity index is 1900. The Kier molecular flexibility index (Phi) is 65.9. The molecule has 0 aromatic rings. The Morgan fingerprint density at radius 1 is 0.258 bits per heavy atom. The maximum absolute atomic E-state index is 13.1. The highest BCUT2D eigenvalue weighted by molar-refractivity contribution is 7.47. The van der Waals surface area contributed by atoms with Gasteiger partial charge in [0, 0.05) is 25.7 Å². The molecule has 0 bridgehead atoms. The van der Waals surface area contributed by atoms with E-state index in [4.69, 9.17) is 37.0 Å². The minimum atomic E-state index is -4.96. The highest BCUT2D eigenvalue weighted by atomic mass is 31.2. The third-order valence-electron chi connectivity index (χ3n) is 18.1. The van der Waals surface area contributed by atoms with Gasteiger partial charge in [0.25, 0.3) is 0 Å². The van der Waals surface area contributed by atoms with Crippen LogP contribution in [0.5, 0.6) is 0 Å². The lowest BCUT2D eigenvalue weighted by Crippen LogP contribution is -2.30. The molecule has 0 amide bonds. The van der Waals surface area contributed by atoms with Gasteiger partial charge in [0.1, 0.15) is 19.3 Å². The van der Waals surface area contributed by atoms with Crippen molar-refractivity contribution in [1.29, 1.82) is 0 Å². The van der Waals surface area contributed by atoms with Crippen molar-refractivity contribution in [2.75, 3.05) is 39.6 Å². The summed E-state index contributed by atoms with van der Waals surface area (Å²) in [5, 5.41) is 10.6. The first-order valence-electron chi connectivity index (χ1n) is 40.2. The largest absolute Gasteiger partial charge is 0.472 e. The topological polar surface area (TPSA) is 237 Å². The quantitative estimate of drug-likeness (QED) is 0.0222. The summed E-state index contributed by atoms with van der Waals surface area (Å²) in [6, 6.07) is 0. The van der Waals surface area contributed by atoms with Gasteiger partial charge in [0.05, 0.1) is 26.4 Å². The van der Waals surface area contributed by atoms with Crippen molar-refractivity contribution in [2.24, 2.45) is 23.7 Å². The lowest BCUT2D eigenvalue weighted by molar-refractivity contribution is -0.161. The number of aliphatic hydroxyl groups is 1. The molecule has 0 radical (unpaired) electrons. The molecule has 17 nitrogen and oxygen atoms in total. The van der Waals surface area contributed by atoms with E-state index in [1.807, 2.05) is 0 Å². The molecule has 0 aliphatic heterocycles. The standard InChI is InChI=1S/C78H152O17P2/c1-68(2)54-46-38-30-23-17-15-13-11-9-10-12-14-16-18-26-34-42-50-58-75(80)88-64-73(94-77(82)60-52-44-35-27-21-19-24-31-39-47-55-69(3)4)66-92-96(84,85)90-62-72(79)63-91-97(86,87)93-67-74(65-89-76(81)59-51-43-37-29-33-41-49-57-71(7)8)95-78(83)61-53-45-36-28-22-20-25-32-40-48-56-70(5)6/h68-74,79H,9-67H2,1-8H3,(H,84,85)(H,86,87)/t72?,73-,74-/m1/s1. The van der Waals surface area contributed by atoms with Crippen molar-refractivity contribution < 1.29 is 80.2 Å². The average Bonchev–Trinajstić information content (AvgIpc) is 1.21. The molecule has 0 aromatic carbocycles. The minimum absolute atomic E-state index is 0.105. The number of phosphoric acid groups is 2. The summed E-state index contributed by atoms with van der Waals surface area (Å²) in [5.74, 6) is 0.912. The van der Waals surface area contributed by atoms with E-state index in [0.717, 1.165) is 114 Å². The normalized spacial score (nSPS) is 14.1. The molecule has 0 aliphatic carbocycles. The van der Waals surface area contributed by atoms with Crippen LogP contribution in [0.4, 0.5) is 0 Å². The van der Waals surface area contributed by atoms with Gasteiger partial charge in [0.2, 0.25) is 0 Å². The third-order valence-corrected chi connectivity index (χ3v) is 20.0. The maximum Gasteiger partial charge on any atom is 0.472 e. The van der Waals surface area contributed by atoms with E-state index in [0.29, 0.717) is 31.6 Å². The fourth-order valence-electron chi connectivity index (χ4n) is 11.9. The van der Waals surface area contributed by atoms with Crippen molar-refractivity contribution in [3.63, 3.8) is 0 Å². The number of carbonyl (C=O) groups excluding carboxylic acids is 4. The molecule has 3 unspecified atom stereocenters. The number of aliphatic hydroxyl groups excluding tert-OH is 1. The van der Waals surface area contributed by atoms with Crippen LogP contribution >= 0.6 is 15.6 Å². The summed E-state index contributed by atoms with van der Waals surface area (Å²) >= 11 is 0. The SMILES string of the molecule is CC(C)CCCCCCCCCCCCCCCCCCCCC(=O)OC[C@H](COP(=O)(O)OCC(O)COP(=O)(O)OC[C@@H](COC(=O)CCCCCCCCCC(C)C)OC(=O)CCCCCCCCCCCCC(C)C)OC(=O)CCCCCCCCCCCCC(C)C. The fraction of sp³-hybridized carbons (Fsp3) is 0.949. The van der Waals surface area contributed by atoms with E-state index in [1.165, 1.54) is 193 Å². The molecule has 0 heterocycles. The van der Waals surface area contributed by atoms with Crippen LogP contribution in [0, 0.1) is 23.7 Å². The molecule has 0 rings (SSSR count). The molecule has 0 aromatic heterocycles. The van der Waals surface area contributed by atoms with Crippen LogP contribution in [0.2, 0.25) is 0 Å². The Hall–Kier alpha value is -1.94. The van der Waals surface area contributed by atoms with Crippen LogP contribution in [-0.2, 0) is 65.4 Å². The highest BCUT2D eigenvalue weighted by Crippen LogP contribution is 2.45. The van der Waals surface area contributed by atoms with Crippen molar-refractivity contribution in [3.8, 4) is 0 Å². The molecular formula is C78H152O17P2. The van der Waals surface area contributed by atoms with Gasteiger partial charge in [-0.3, -0.25) is 37.3 Å². The molecule has 576 valence electrons. The zero-order chi connectivity index (χ0) is 71.7. The van der Waals surface area contributed by atoms with Crippen LogP contribution in [0.1, 0.15) is 396 Å². The number of esters is 4. The molecule has 19 heteroatoms. The summed E-state index contributed by atoms with van der Waals surface area (Å²) in [4.78, 5) is 72.8. The first-order valence-corrected chi connectivity index (χ1v) is 43.2. The van der Waals surface area contributed by atoms with Crippen LogP contribution in [0.25, 0.3) is 0 Å². The second kappa shape index (κ2) is 67.2. The van der Waals surface area contributed by atoms with E-state index in [-0.39, 0.29) is 25.7 Å². The van der Waals surface area contributed by atoms with Crippen molar-refractivity contribution in [3.05, 3.63) is 0 Å². The number of phosphoric ester groups is 2. The van der Waals surface area contributed by atoms with Gasteiger partial charge in [-0.25, -0.2) is 9.13 Å². The minimum Gasteiger partial charge on any atom is -0.462 e. The highest BCUT2D eigenvalue weighted by Gasteiger charge is 2.30. The predicted molar refractivity (Wildman–Crippen MR) is 395 cm³/mol. The number of hydrogen-bond donors (Lipinski definition) is 3. The molecule has 0 saturated carbocycles. The Morgan fingerprint density at radius 3 is 0.639 bits per heavy atom. The van der Waals surface area contributed by atoms with Crippen LogP contribution < -0.4 is 0 Å². The van der Waals surface area contributed by atoms with Gasteiger partial charge < -0.3 is 33.8 Å². The molecule has 5 atom stereocenters. The lowest BCUT2D eigenvalue weighted by Gasteiger charge is -2.21. The molecule has 3 N–H and O–H groups in total. The first-order chi connectivity index (χ1) is 46.6. The van der Waals surface area contributed by atoms with E-state index >= 15 is 0 Å². The van der Waals surface area contributed by atoms with Crippen molar-refractivity contribution >= 4 is 39.5 Å². The smallest absolute Gasteiger partial charge is 0.462 e. The summed E-state index contributed by atoms with van der Waals surface area (Å²) in [5.41, 5.74) is 0. The Balaban J connectivity index is 5.19. The summed E-state index contributed by atoms with van der Waals surface area (Å²) in [7, 11) is -9.91. The number of hydrogen-bond acceptors (Lipinski definition) is 15. The van der Waals surface area contributed by atoms with Crippen molar-refractivity contribution in [1.82, 2.24) is 0 Å². The number of rotatable bonds is 75. The Morgan fingerprint density at radius 2 is 0.433 bits per heavy atom. The van der Waals surface area contributed by atoms with Gasteiger partial charge >= 0.3 is 39.5 Å². The second-order valence-electron chi connectivity index (χ2n) is 30.0. The molecular weight excluding hydrogens is 1270 g/mol. The lowest BCUT2D eigenvalue weighted by atomic mass is 10.0. The van der Waals surface area contributed by atoms with Gasteiger partial charge in [-0.2, -0.15) is 0 Å². The van der Waals surface area contributed by atoms with Gasteiger partial charge in [-0.15, -0.1) is 0 Å². The summed E-state index contributed by atoms with van der Waals surface area (Å²) in [6.45, 7) is 14.2. The number of carbonyl (C=O) groups is 4. The van der Waals surface area contributed by atoms with Crippen LogP contribution in [0.15, 0.2) is 0 Å². The van der Waals surface area contributed by atoms with Crippen molar-refractivity contribution in [2.45, 2.75) is 414 Å². The third kappa shape index (κ3) is 72.2. The maximum atomic E-state index is 13.1.